The van der Waals surface area contributed by atoms with Gasteiger partial charge in [0.1, 0.15) is 0 Å². The molecule has 1 saturated heterocycles. The minimum absolute atomic E-state index is 0.0578. The van der Waals surface area contributed by atoms with Crippen molar-refractivity contribution in [1.82, 2.24) is 4.90 Å². The van der Waals surface area contributed by atoms with Crippen molar-refractivity contribution < 1.29 is 9.53 Å². The molecule has 2 atom stereocenters. The van der Waals surface area contributed by atoms with Crippen molar-refractivity contribution in [2.75, 3.05) is 19.7 Å². The largest absolute Gasteiger partial charge is 0.373 e. The fourth-order valence-electron chi connectivity index (χ4n) is 1.98. The van der Waals surface area contributed by atoms with Crippen LogP contribution in [-0.4, -0.2) is 42.6 Å². The van der Waals surface area contributed by atoms with Gasteiger partial charge >= 0.3 is 0 Å². The Bertz CT molecular complexity index is 437. The first-order valence-electron chi connectivity index (χ1n) is 6.00. The highest BCUT2D eigenvalue weighted by atomic mass is 127. The molecule has 4 nitrogen and oxygen atoms in total. The van der Waals surface area contributed by atoms with Crippen molar-refractivity contribution in [1.29, 1.82) is 0 Å². The normalized spacial score (nSPS) is 21.7. The zero-order chi connectivity index (χ0) is 13.1. The van der Waals surface area contributed by atoms with Crippen molar-refractivity contribution >= 4 is 28.5 Å². The molecule has 0 radical (unpaired) electrons. The first-order valence-corrected chi connectivity index (χ1v) is 7.08. The summed E-state index contributed by atoms with van der Waals surface area (Å²) >= 11 is 2.21. The highest BCUT2D eigenvalue weighted by molar-refractivity contribution is 14.1. The lowest BCUT2D eigenvalue weighted by Gasteiger charge is -2.34. The number of amides is 1. The van der Waals surface area contributed by atoms with Gasteiger partial charge in [0, 0.05) is 28.3 Å². The fourth-order valence-corrected chi connectivity index (χ4v) is 2.53. The number of ether oxygens (including phenoxy) is 1. The molecule has 1 aliphatic heterocycles. The standard InChI is InChI=1S/C13H17IN2O2/c1-9(15)12-8-16(5-6-18-12)13(17)10-3-2-4-11(14)7-10/h2-4,7,9,12H,5-6,8,15H2,1H3. The molecule has 0 saturated carbocycles. The van der Waals surface area contributed by atoms with Crippen molar-refractivity contribution in [3.63, 3.8) is 0 Å². The Labute approximate surface area is 121 Å². The Hall–Kier alpha value is -0.660. The van der Waals surface area contributed by atoms with Crippen molar-refractivity contribution in [2.24, 2.45) is 5.73 Å². The lowest BCUT2D eigenvalue weighted by molar-refractivity contribution is -0.0300. The topological polar surface area (TPSA) is 55.6 Å². The molecule has 1 heterocycles. The molecule has 2 rings (SSSR count). The number of carbonyl (C=O) groups is 1. The summed E-state index contributed by atoms with van der Waals surface area (Å²) < 4.78 is 6.62. The Kier molecular flexibility index (Phi) is 4.58. The van der Waals surface area contributed by atoms with Crippen molar-refractivity contribution in [2.45, 2.75) is 19.1 Å². The number of halogens is 1. The maximum atomic E-state index is 12.3. The van der Waals surface area contributed by atoms with Crippen LogP contribution in [0.15, 0.2) is 24.3 Å². The summed E-state index contributed by atoms with van der Waals surface area (Å²) in [5.74, 6) is 0.0578. The molecule has 0 spiro atoms. The van der Waals surface area contributed by atoms with E-state index in [1.54, 1.807) is 0 Å². The number of carbonyl (C=O) groups excluding carboxylic acids is 1. The van der Waals surface area contributed by atoms with Crippen LogP contribution in [0.5, 0.6) is 0 Å². The van der Waals surface area contributed by atoms with E-state index >= 15 is 0 Å². The lowest BCUT2D eigenvalue weighted by atomic mass is 10.1. The van der Waals surface area contributed by atoms with Gasteiger partial charge in [-0.15, -0.1) is 0 Å². The van der Waals surface area contributed by atoms with Crippen LogP contribution in [0.2, 0.25) is 0 Å². The van der Waals surface area contributed by atoms with Crippen LogP contribution in [-0.2, 0) is 4.74 Å². The molecule has 1 aliphatic rings. The number of nitrogens with two attached hydrogens (primary N) is 1. The highest BCUT2D eigenvalue weighted by Gasteiger charge is 2.27. The van der Waals surface area contributed by atoms with Gasteiger partial charge < -0.3 is 15.4 Å². The Morgan fingerprint density at radius 1 is 1.61 bits per heavy atom. The maximum absolute atomic E-state index is 12.3. The van der Waals surface area contributed by atoms with E-state index in [1.807, 2.05) is 36.1 Å². The number of hydrogen-bond acceptors (Lipinski definition) is 3. The van der Waals surface area contributed by atoms with Crippen molar-refractivity contribution in [3.8, 4) is 0 Å². The molecule has 2 N–H and O–H groups in total. The van der Waals surface area contributed by atoms with Gasteiger partial charge in [-0.1, -0.05) is 6.07 Å². The summed E-state index contributed by atoms with van der Waals surface area (Å²) in [7, 11) is 0. The predicted octanol–water partition coefficient (Wildman–Crippen LogP) is 1.48. The van der Waals surface area contributed by atoms with E-state index in [9.17, 15) is 4.79 Å². The molecule has 1 aromatic rings. The van der Waals surface area contributed by atoms with E-state index in [0.717, 1.165) is 9.13 Å². The van der Waals surface area contributed by atoms with E-state index in [4.69, 9.17) is 10.5 Å². The van der Waals surface area contributed by atoms with Crippen LogP contribution in [0.3, 0.4) is 0 Å². The average Bonchev–Trinajstić information content (AvgIpc) is 2.38. The quantitative estimate of drug-likeness (QED) is 0.813. The molecule has 98 valence electrons. The molecule has 0 aliphatic carbocycles. The first kappa shape index (κ1) is 13.8. The Morgan fingerprint density at radius 2 is 2.39 bits per heavy atom. The van der Waals surface area contributed by atoms with Crippen LogP contribution in [0.1, 0.15) is 17.3 Å². The Morgan fingerprint density at radius 3 is 3.06 bits per heavy atom. The highest BCUT2D eigenvalue weighted by Crippen LogP contribution is 2.14. The van der Waals surface area contributed by atoms with Crippen LogP contribution < -0.4 is 5.73 Å². The molecule has 5 heteroatoms. The molecule has 0 aromatic heterocycles. The van der Waals surface area contributed by atoms with Crippen LogP contribution >= 0.6 is 22.6 Å². The predicted molar refractivity (Wildman–Crippen MR) is 78.5 cm³/mol. The zero-order valence-electron chi connectivity index (χ0n) is 10.3. The summed E-state index contributed by atoms with van der Waals surface area (Å²) in [4.78, 5) is 14.2. The third kappa shape index (κ3) is 3.21. The summed E-state index contributed by atoms with van der Waals surface area (Å²) in [6, 6.07) is 7.57. The van der Waals surface area contributed by atoms with Gasteiger partial charge in [0.15, 0.2) is 0 Å². The molecule has 0 bridgehead atoms. The van der Waals surface area contributed by atoms with Gasteiger partial charge in [-0.3, -0.25) is 4.79 Å². The molecule has 1 fully saturated rings. The first-order chi connectivity index (χ1) is 8.58. The van der Waals surface area contributed by atoms with Gasteiger partial charge in [0.2, 0.25) is 0 Å². The second kappa shape index (κ2) is 5.99. The monoisotopic (exact) mass is 360 g/mol. The van der Waals surface area contributed by atoms with Crippen LogP contribution in [0.4, 0.5) is 0 Å². The minimum Gasteiger partial charge on any atom is -0.373 e. The number of rotatable bonds is 2. The summed E-state index contributed by atoms with van der Waals surface area (Å²) in [5, 5.41) is 0. The van der Waals surface area contributed by atoms with Crippen LogP contribution in [0.25, 0.3) is 0 Å². The Balaban J connectivity index is 2.09. The van der Waals surface area contributed by atoms with Gasteiger partial charge in [-0.25, -0.2) is 0 Å². The molecule has 1 amide bonds. The summed E-state index contributed by atoms with van der Waals surface area (Å²) in [5.41, 5.74) is 6.56. The van der Waals surface area contributed by atoms with Crippen molar-refractivity contribution in [3.05, 3.63) is 33.4 Å². The third-order valence-electron chi connectivity index (χ3n) is 3.04. The van der Waals surface area contributed by atoms with E-state index in [-0.39, 0.29) is 18.1 Å². The average molecular weight is 360 g/mol. The number of hydrogen-bond donors (Lipinski definition) is 1. The van der Waals surface area contributed by atoms with E-state index in [0.29, 0.717) is 19.7 Å². The second-order valence-electron chi connectivity index (χ2n) is 4.53. The number of morpholine rings is 1. The number of nitrogens with zero attached hydrogens (tertiary/aromatic N) is 1. The van der Waals surface area contributed by atoms with E-state index in [2.05, 4.69) is 22.6 Å². The van der Waals surface area contributed by atoms with E-state index < -0.39 is 0 Å². The molecular formula is C13H17IN2O2. The fraction of sp³-hybridized carbons (Fsp3) is 0.462. The summed E-state index contributed by atoms with van der Waals surface area (Å²) in [6.07, 6.45) is -0.0644. The second-order valence-corrected chi connectivity index (χ2v) is 5.78. The molecular weight excluding hydrogens is 343 g/mol. The number of benzene rings is 1. The summed E-state index contributed by atoms with van der Waals surface area (Å²) in [6.45, 7) is 3.67. The van der Waals surface area contributed by atoms with Crippen LogP contribution in [0, 0.1) is 3.57 Å². The SMILES string of the molecule is CC(N)C1CN(C(=O)c2cccc(I)c2)CCO1. The van der Waals surface area contributed by atoms with Gasteiger partial charge in [-0.2, -0.15) is 0 Å². The maximum Gasteiger partial charge on any atom is 0.254 e. The molecule has 1 aromatic carbocycles. The third-order valence-corrected chi connectivity index (χ3v) is 3.71. The molecule has 2 unspecified atom stereocenters. The molecule has 18 heavy (non-hydrogen) atoms. The van der Waals surface area contributed by atoms with E-state index in [1.165, 1.54) is 0 Å². The van der Waals surface area contributed by atoms with Gasteiger partial charge in [0.25, 0.3) is 5.91 Å². The van der Waals surface area contributed by atoms with Gasteiger partial charge in [-0.05, 0) is 47.7 Å². The minimum atomic E-state index is -0.0644. The lowest BCUT2D eigenvalue weighted by Crippen LogP contribution is -2.51. The van der Waals surface area contributed by atoms with Gasteiger partial charge in [0.05, 0.1) is 12.7 Å². The zero-order valence-corrected chi connectivity index (χ0v) is 12.5. The smallest absolute Gasteiger partial charge is 0.254 e.